The Hall–Kier alpha value is -2.86. The molecule has 0 heterocycles. The van der Waals surface area contributed by atoms with Gasteiger partial charge in [0.2, 0.25) is 0 Å². The average molecular weight is 274 g/mol. The van der Waals surface area contributed by atoms with Crippen LogP contribution in [0.15, 0.2) is 23.8 Å². The lowest BCUT2D eigenvalue weighted by Gasteiger charge is -2.09. The summed E-state index contributed by atoms with van der Waals surface area (Å²) < 4.78 is 23.4. The summed E-state index contributed by atoms with van der Waals surface area (Å²) in [6.45, 7) is 0. The maximum absolute atomic E-state index is 14.0. The van der Waals surface area contributed by atoms with E-state index in [1.807, 2.05) is 0 Å². The number of esters is 1. The van der Waals surface area contributed by atoms with Crippen molar-refractivity contribution >= 4 is 11.7 Å². The minimum Gasteiger partial charge on any atom is -0.494 e. The second-order valence-electron chi connectivity index (χ2n) is 3.70. The fourth-order valence-electron chi connectivity index (χ4n) is 1.56. The molecule has 0 unspecified atom stereocenters. The van der Waals surface area contributed by atoms with E-state index in [2.05, 4.69) is 4.74 Å². The van der Waals surface area contributed by atoms with E-state index in [0.29, 0.717) is 5.56 Å². The molecule has 0 fully saturated rings. The normalized spacial score (nSPS) is 9.05. The van der Waals surface area contributed by atoms with Gasteiger partial charge in [-0.15, -0.1) is 0 Å². The van der Waals surface area contributed by atoms with Gasteiger partial charge in [-0.1, -0.05) is 6.07 Å². The van der Waals surface area contributed by atoms with E-state index in [1.165, 1.54) is 26.4 Å². The van der Waals surface area contributed by atoms with Crippen molar-refractivity contribution in [1.29, 1.82) is 10.5 Å². The molecule has 0 spiro atoms. The number of allylic oxidation sites excluding steroid dienone is 1. The number of benzene rings is 1. The maximum Gasteiger partial charge on any atom is 0.309 e. The lowest BCUT2D eigenvalue weighted by molar-refractivity contribution is -0.139. The van der Waals surface area contributed by atoms with E-state index in [1.54, 1.807) is 12.1 Å². The third kappa shape index (κ3) is 3.33. The highest BCUT2D eigenvalue weighted by Crippen LogP contribution is 2.23. The first-order valence-corrected chi connectivity index (χ1v) is 5.51. The smallest absolute Gasteiger partial charge is 0.309 e. The largest absolute Gasteiger partial charge is 0.494 e. The highest BCUT2D eigenvalue weighted by molar-refractivity contribution is 5.74. The Morgan fingerprint density at radius 1 is 1.25 bits per heavy atom. The number of hydrogen-bond acceptors (Lipinski definition) is 5. The fourth-order valence-corrected chi connectivity index (χ4v) is 1.56. The van der Waals surface area contributed by atoms with Crippen LogP contribution >= 0.6 is 0 Å². The SMILES string of the molecule is COC(=O)Cc1ccc(C(OC)=C(C#N)C#N)c(F)c1. The molecule has 0 radical (unpaired) electrons. The summed E-state index contributed by atoms with van der Waals surface area (Å²) in [5.41, 5.74) is 0.0790. The number of carbonyl (C=O) groups is 1. The van der Waals surface area contributed by atoms with Gasteiger partial charge in [-0.05, 0) is 17.7 Å². The summed E-state index contributed by atoms with van der Waals surface area (Å²) >= 11 is 0. The highest BCUT2D eigenvalue weighted by Gasteiger charge is 2.15. The van der Waals surface area contributed by atoms with E-state index >= 15 is 0 Å². The molecular weight excluding hydrogens is 263 g/mol. The molecule has 1 rings (SSSR count). The summed E-state index contributed by atoms with van der Waals surface area (Å²) in [5, 5.41) is 17.6. The zero-order valence-electron chi connectivity index (χ0n) is 10.9. The number of carbonyl (C=O) groups excluding carboxylic acids is 1. The van der Waals surface area contributed by atoms with Gasteiger partial charge >= 0.3 is 5.97 Å². The molecule has 6 heteroatoms. The van der Waals surface area contributed by atoms with Crippen molar-refractivity contribution in [3.63, 3.8) is 0 Å². The molecule has 0 bridgehead atoms. The lowest BCUT2D eigenvalue weighted by atomic mass is 10.0. The Kier molecular flexibility index (Phi) is 5.25. The molecule has 0 saturated carbocycles. The van der Waals surface area contributed by atoms with Gasteiger partial charge in [0.15, 0.2) is 11.3 Å². The topological polar surface area (TPSA) is 83.1 Å². The molecule has 0 saturated heterocycles. The second kappa shape index (κ2) is 6.91. The van der Waals surface area contributed by atoms with Crippen molar-refractivity contribution in [2.45, 2.75) is 6.42 Å². The van der Waals surface area contributed by atoms with Crippen LogP contribution in [0.2, 0.25) is 0 Å². The van der Waals surface area contributed by atoms with Crippen molar-refractivity contribution < 1.29 is 18.7 Å². The lowest BCUT2D eigenvalue weighted by Crippen LogP contribution is -2.05. The molecule has 0 atom stereocenters. The Balaban J connectivity index is 3.23. The highest BCUT2D eigenvalue weighted by atomic mass is 19.1. The minimum absolute atomic E-state index is 0.0146. The Labute approximate surface area is 115 Å². The molecule has 0 aliphatic heterocycles. The van der Waals surface area contributed by atoms with Gasteiger partial charge in [-0.2, -0.15) is 10.5 Å². The van der Waals surface area contributed by atoms with Gasteiger partial charge in [0.05, 0.1) is 26.2 Å². The van der Waals surface area contributed by atoms with Crippen molar-refractivity contribution in [2.24, 2.45) is 0 Å². The third-order valence-corrected chi connectivity index (χ3v) is 2.51. The summed E-state index contributed by atoms with van der Waals surface area (Å²) in [4.78, 5) is 11.1. The van der Waals surface area contributed by atoms with Crippen molar-refractivity contribution in [2.75, 3.05) is 14.2 Å². The van der Waals surface area contributed by atoms with Crippen LogP contribution in [0.4, 0.5) is 4.39 Å². The summed E-state index contributed by atoms with van der Waals surface area (Å²) in [6.07, 6.45) is -0.0664. The molecule has 1 aromatic carbocycles. The van der Waals surface area contributed by atoms with Crippen LogP contribution in [0.25, 0.3) is 5.76 Å². The van der Waals surface area contributed by atoms with E-state index in [4.69, 9.17) is 15.3 Å². The Morgan fingerprint density at radius 2 is 1.90 bits per heavy atom. The quantitative estimate of drug-likeness (QED) is 0.476. The molecule has 0 N–H and O–H groups in total. The van der Waals surface area contributed by atoms with E-state index < -0.39 is 11.8 Å². The fraction of sp³-hybridized carbons (Fsp3) is 0.214. The molecule has 20 heavy (non-hydrogen) atoms. The first-order valence-electron chi connectivity index (χ1n) is 5.51. The van der Waals surface area contributed by atoms with Crippen molar-refractivity contribution in [3.05, 3.63) is 40.7 Å². The van der Waals surface area contributed by atoms with Crippen molar-refractivity contribution in [3.8, 4) is 12.1 Å². The van der Waals surface area contributed by atoms with Crippen molar-refractivity contribution in [1.82, 2.24) is 0 Å². The Morgan fingerprint density at radius 3 is 2.35 bits per heavy atom. The standard InChI is InChI=1S/C14H11FN2O3/c1-19-13(18)6-9-3-4-11(12(15)5-9)14(20-2)10(7-16)8-17/h3-5H,6H2,1-2H3. The number of nitrogens with zero attached hydrogens (tertiary/aromatic N) is 2. The molecule has 1 aromatic rings. The number of nitriles is 2. The van der Waals surface area contributed by atoms with Crippen LogP contribution in [-0.2, 0) is 20.7 Å². The van der Waals surface area contributed by atoms with E-state index in [-0.39, 0.29) is 23.3 Å². The second-order valence-corrected chi connectivity index (χ2v) is 3.70. The number of rotatable bonds is 4. The first-order chi connectivity index (χ1) is 9.57. The minimum atomic E-state index is -0.689. The number of halogens is 1. The number of ether oxygens (including phenoxy) is 2. The van der Waals surface area contributed by atoms with Gasteiger partial charge in [-0.3, -0.25) is 4.79 Å². The van der Waals surface area contributed by atoms with Crippen LogP contribution in [0.1, 0.15) is 11.1 Å². The Bertz CT molecular complexity index is 623. The number of hydrogen-bond donors (Lipinski definition) is 0. The van der Waals surface area contributed by atoms with Crippen LogP contribution in [-0.4, -0.2) is 20.2 Å². The average Bonchev–Trinajstić information content (AvgIpc) is 2.45. The first kappa shape index (κ1) is 15.2. The zero-order chi connectivity index (χ0) is 15.1. The van der Waals surface area contributed by atoms with Crippen LogP contribution in [0.5, 0.6) is 0 Å². The monoisotopic (exact) mass is 274 g/mol. The van der Waals surface area contributed by atoms with Crippen LogP contribution in [0.3, 0.4) is 0 Å². The van der Waals surface area contributed by atoms with E-state index in [9.17, 15) is 9.18 Å². The zero-order valence-corrected chi connectivity index (χ0v) is 10.9. The van der Waals surface area contributed by atoms with Gasteiger partial charge in [0.25, 0.3) is 0 Å². The molecule has 0 aliphatic carbocycles. The molecule has 102 valence electrons. The van der Waals surface area contributed by atoms with Gasteiger partial charge in [0, 0.05) is 0 Å². The number of methoxy groups -OCH3 is 2. The van der Waals surface area contributed by atoms with E-state index in [0.717, 1.165) is 6.07 Å². The molecule has 0 aliphatic rings. The molecule has 0 aromatic heterocycles. The molecule has 5 nitrogen and oxygen atoms in total. The summed E-state index contributed by atoms with van der Waals surface area (Å²) in [6, 6.07) is 7.26. The third-order valence-electron chi connectivity index (χ3n) is 2.51. The van der Waals surface area contributed by atoms with Gasteiger partial charge in [-0.25, -0.2) is 4.39 Å². The van der Waals surface area contributed by atoms with Gasteiger partial charge in [0.1, 0.15) is 18.0 Å². The van der Waals surface area contributed by atoms with Crippen LogP contribution < -0.4 is 0 Å². The molecule has 0 amide bonds. The van der Waals surface area contributed by atoms with Gasteiger partial charge < -0.3 is 9.47 Å². The molecular formula is C14H11FN2O3. The summed E-state index contributed by atoms with van der Waals surface area (Å²) in [7, 11) is 2.48. The van der Waals surface area contributed by atoms with Crippen LogP contribution in [0, 0.1) is 28.5 Å². The maximum atomic E-state index is 14.0. The predicted octanol–water partition coefficient (Wildman–Crippen LogP) is 1.95. The summed E-state index contributed by atoms with van der Waals surface area (Å²) in [5.74, 6) is -1.32. The predicted molar refractivity (Wildman–Crippen MR) is 67.3 cm³/mol.